The third kappa shape index (κ3) is 6.44. The molecule has 3 nitrogen and oxygen atoms in total. The second-order valence-corrected chi connectivity index (χ2v) is 6.21. The van der Waals surface area contributed by atoms with Crippen LogP contribution in [0.15, 0.2) is 18.2 Å². The van der Waals surface area contributed by atoms with Crippen molar-refractivity contribution in [1.82, 2.24) is 10.2 Å². The van der Waals surface area contributed by atoms with Gasteiger partial charge < -0.3 is 15.0 Å². The van der Waals surface area contributed by atoms with Gasteiger partial charge in [0.25, 0.3) is 0 Å². The smallest absolute Gasteiger partial charge is 0.165 e. The van der Waals surface area contributed by atoms with Crippen LogP contribution in [0, 0.1) is 5.82 Å². The highest BCUT2D eigenvalue weighted by molar-refractivity contribution is 5.35. The number of hydrogen-bond acceptors (Lipinski definition) is 3. The van der Waals surface area contributed by atoms with Crippen molar-refractivity contribution in [3.8, 4) is 5.75 Å². The van der Waals surface area contributed by atoms with Crippen LogP contribution in [0.25, 0.3) is 0 Å². The first kappa shape index (κ1) is 17.9. The second-order valence-electron chi connectivity index (χ2n) is 6.21. The lowest BCUT2D eigenvalue weighted by molar-refractivity contribution is 0.215. The van der Waals surface area contributed by atoms with Crippen molar-refractivity contribution >= 4 is 0 Å². The van der Waals surface area contributed by atoms with Gasteiger partial charge >= 0.3 is 0 Å². The molecule has 4 heteroatoms. The van der Waals surface area contributed by atoms with Gasteiger partial charge in [0.15, 0.2) is 11.6 Å². The van der Waals surface area contributed by atoms with Crippen molar-refractivity contribution in [2.45, 2.75) is 46.7 Å². The molecule has 21 heavy (non-hydrogen) atoms. The lowest BCUT2D eigenvalue weighted by Gasteiger charge is -2.22. The zero-order valence-electron chi connectivity index (χ0n) is 14.0. The predicted molar refractivity (Wildman–Crippen MR) is 86.3 cm³/mol. The van der Waals surface area contributed by atoms with Crippen molar-refractivity contribution < 1.29 is 9.13 Å². The third-order valence-electron chi connectivity index (χ3n) is 3.41. The highest BCUT2D eigenvalue weighted by Gasteiger charge is 2.14. The molecule has 0 amide bonds. The summed E-state index contributed by atoms with van der Waals surface area (Å²) in [5.74, 6) is 0.0872. The normalized spacial score (nSPS) is 12.0. The van der Waals surface area contributed by atoms with Crippen LogP contribution < -0.4 is 10.1 Å². The SMILES string of the molecule is CCN(CC)CCOc1c(F)cccc1CNC(C)(C)C. The van der Waals surface area contributed by atoms with Crippen molar-refractivity contribution in [3.05, 3.63) is 29.6 Å². The van der Waals surface area contributed by atoms with Gasteiger partial charge in [0, 0.05) is 24.2 Å². The molecule has 1 aromatic carbocycles. The molecular weight excluding hydrogens is 267 g/mol. The Balaban J connectivity index is 2.67. The molecule has 0 aliphatic rings. The van der Waals surface area contributed by atoms with E-state index in [1.165, 1.54) is 6.07 Å². The molecule has 120 valence electrons. The van der Waals surface area contributed by atoms with Gasteiger partial charge in [-0.25, -0.2) is 4.39 Å². The van der Waals surface area contributed by atoms with Gasteiger partial charge in [-0.3, -0.25) is 0 Å². The Labute approximate surface area is 128 Å². The largest absolute Gasteiger partial charge is 0.489 e. The van der Waals surface area contributed by atoms with Crippen LogP contribution in [-0.2, 0) is 6.54 Å². The Morgan fingerprint density at radius 2 is 1.86 bits per heavy atom. The summed E-state index contributed by atoms with van der Waals surface area (Å²) in [5.41, 5.74) is 0.856. The summed E-state index contributed by atoms with van der Waals surface area (Å²) >= 11 is 0. The summed E-state index contributed by atoms with van der Waals surface area (Å²) in [6.45, 7) is 14.4. The monoisotopic (exact) mass is 296 g/mol. The first-order chi connectivity index (χ1) is 9.87. The molecule has 0 aliphatic heterocycles. The van der Waals surface area contributed by atoms with Gasteiger partial charge in [-0.2, -0.15) is 0 Å². The van der Waals surface area contributed by atoms with Crippen molar-refractivity contribution in [2.24, 2.45) is 0 Å². The molecule has 0 unspecified atom stereocenters. The lowest BCUT2D eigenvalue weighted by Crippen LogP contribution is -2.35. The number of para-hydroxylation sites is 1. The topological polar surface area (TPSA) is 24.5 Å². The van der Waals surface area contributed by atoms with Gasteiger partial charge in [0.2, 0.25) is 0 Å². The third-order valence-corrected chi connectivity index (χ3v) is 3.41. The molecule has 1 rings (SSSR count). The minimum absolute atomic E-state index is 0.00912. The number of benzene rings is 1. The van der Waals surface area contributed by atoms with E-state index >= 15 is 0 Å². The van der Waals surface area contributed by atoms with Crippen molar-refractivity contribution in [1.29, 1.82) is 0 Å². The molecule has 0 spiro atoms. The number of nitrogens with one attached hydrogen (secondary N) is 1. The Morgan fingerprint density at radius 3 is 2.43 bits per heavy atom. The molecule has 0 atom stereocenters. The molecule has 1 aromatic rings. The maximum atomic E-state index is 14.0. The van der Waals surface area contributed by atoms with Gasteiger partial charge in [0.05, 0.1) is 0 Å². The van der Waals surface area contributed by atoms with Crippen LogP contribution in [0.3, 0.4) is 0 Å². The number of hydrogen-bond donors (Lipinski definition) is 1. The Morgan fingerprint density at radius 1 is 1.19 bits per heavy atom. The van der Waals surface area contributed by atoms with E-state index in [0.717, 1.165) is 25.2 Å². The van der Waals surface area contributed by atoms with Crippen molar-refractivity contribution in [3.63, 3.8) is 0 Å². The standard InChI is InChI=1S/C17H29FN2O/c1-6-20(7-2)11-12-21-16-14(9-8-10-15(16)18)13-19-17(3,4)5/h8-10,19H,6-7,11-13H2,1-5H3. The van der Waals surface area contributed by atoms with E-state index in [-0.39, 0.29) is 11.4 Å². The maximum Gasteiger partial charge on any atom is 0.165 e. The molecule has 0 saturated heterocycles. The molecule has 0 bridgehead atoms. The molecule has 1 N–H and O–H groups in total. The van der Waals surface area contributed by atoms with Crippen LogP contribution in [0.1, 0.15) is 40.2 Å². The Bertz CT molecular complexity index is 425. The average molecular weight is 296 g/mol. The quantitative estimate of drug-likeness (QED) is 0.795. The minimum Gasteiger partial charge on any atom is -0.489 e. The summed E-state index contributed by atoms with van der Waals surface area (Å²) in [6, 6.07) is 5.09. The van der Waals surface area contributed by atoms with E-state index in [4.69, 9.17) is 4.74 Å². The van der Waals surface area contributed by atoms with E-state index in [2.05, 4.69) is 44.8 Å². The molecule has 0 fully saturated rings. The van der Waals surface area contributed by atoms with E-state index in [9.17, 15) is 4.39 Å². The van der Waals surface area contributed by atoms with Crippen molar-refractivity contribution in [2.75, 3.05) is 26.2 Å². The average Bonchev–Trinajstić information content (AvgIpc) is 2.42. The Hall–Kier alpha value is -1.13. The summed E-state index contributed by atoms with van der Waals surface area (Å²) in [4.78, 5) is 2.26. The van der Waals surface area contributed by atoms with Crippen LogP contribution in [0.4, 0.5) is 4.39 Å². The number of likely N-dealkylation sites (N-methyl/N-ethyl adjacent to an activating group) is 1. The molecule has 0 radical (unpaired) electrons. The van der Waals surface area contributed by atoms with Crippen LogP contribution in [0.5, 0.6) is 5.75 Å². The highest BCUT2D eigenvalue weighted by atomic mass is 19.1. The first-order valence-electron chi connectivity index (χ1n) is 7.75. The lowest BCUT2D eigenvalue weighted by atomic mass is 10.1. The molecular formula is C17H29FN2O. The fraction of sp³-hybridized carbons (Fsp3) is 0.647. The van der Waals surface area contributed by atoms with Gasteiger partial charge in [-0.1, -0.05) is 26.0 Å². The van der Waals surface area contributed by atoms with E-state index < -0.39 is 0 Å². The number of rotatable bonds is 8. The minimum atomic E-state index is -0.289. The van der Waals surface area contributed by atoms with Crippen LogP contribution >= 0.6 is 0 Å². The molecule has 0 heterocycles. The fourth-order valence-electron chi connectivity index (χ4n) is 2.03. The van der Waals surface area contributed by atoms with E-state index in [0.29, 0.717) is 18.9 Å². The van der Waals surface area contributed by atoms with Gasteiger partial charge in [-0.05, 0) is 39.9 Å². The maximum absolute atomic E-state index is 14.0. The first-order valence-corrected chi connectivity index (χ1v) is 7.75. The highest BCUT2D eigenvalue weighted by Crippen LogP contribution is 2.23. The van der Waals surface area contributed by atoms with E-state index in [1.807, 2.05) is 6.07 Å². The summed E-state index contributed by atoms with van der Waals surface area (Å²) < 4.78 is 19.7. The number of nitrogens with zero attached hydrogens (tertiary/aromatic N) is 1. The molecule has 0 saturated carbocycles. The summed E-state index contributed by atoms with van der Waals surface area (Å²) in [7, 11) is 0. The second kappa shape index (κ2) is 8.35. The Kier molecular flexibility index (Phi) is 7.12. The number of halogens is 1. The van der Waals surface area contributed by atoms with Crippen LogP contribution in [-0.4, -0.2) is 36.7 Å². The zero-order valence-corrected chi connectivity index (χ0v) is 14.0. The number of ether oxygens (including phenoxy) is 1. The zero-order chi connectivity index (χ0) is 15.9. The summed E-state index contributed by atoms with van der Waals surface area (Å²) in [6.07, 6.45) is 0. The van der Waals surface area contributed by atoms with Gasteiger partial charge in [0.1, 0.15) is 6.61 Å². The molecule has 0 aliphatic carbocycles. The fourth-order valence-corrected chi connectivity index (χ4v) is 2.03. The molecule has 0 aromatic heterocycles. The summed E-state index contributed by atoms with van der Waals surface area (Å²) in [5, 5.41) is 3.37. The van der Waals surface area contributed by atoms with E-state index in [1.54, 1.807) is 6.07 Å². The van der Waals surface area contributed by atoms with Gasteiger partial charge in [-0.15, -0.1) is 0 Å². The predicted octanol–water partition coefficient (Wildman–Crippen LogP) is 3.43. The van der Waals surface area contributed by atoms with Crippen LogP contribution in [0.2, 0.25) is 0 Å².